The fourth-order valence-electron chi connectivity index (χ4n) is 4.08. The van der Waals surface area contributed by atoms with Gasteiger partial charge in [-0.15, -0.1) is 22.7 Å². The Kier molecular flexibility index (Phi) is 8.84. The number of carbonyl (C=O) groups excluding carboxylic acids is 3. The van der Waals surface area contributed by atoms with Gasteiger partial charge in [-0.3, -0.25) is 10.1 Å². The van der Waals surface area contributed by atoms with E-state index in [0.29, 0.717) is 43.1 Å². The Hall–Kier alpha value is -3.44. The standard InChI is InChI=1S/C29H36N4O5S2/c1-28(2,3)37-26(35)31-21-10-9-19(24-8-7-15-39-24)16-20(21)17-23(34)22-18-40-25(30-22)32-11-13-33(14-12-32)27(36)38-29(4,5)6/h7-10,15-16,18H,11-14,17H2,1-6H3,(H,31,35). The topological polar surface area (TPSA) is 101 Å². The van der Waals surface area contributed by atoms with Crippen LogP contribution in [0.2, 0.25) is 0 Å². The van der Waals surface area contributed by atoms with Crippen molar-refractivity contribution in [3.8, 4) is 10.4 Å². The number of Topliss-reactive ketones (excluding diaryl/α,β-unsaturated/α-hetero) is 1. The maximum atomic E-state index is 13.4. The van der Waals surface area contributed by atoms with E-state index in [9.17, 15) is 14.4 Å². The number of hydrogen-bond acceptors (Lipinski definition) is 9. The van der Waals surface area contributed by atoms with Gasteiger partial charge >= 0.3 is 12.2 Å². The van der Waals surface area contributed by atoms with Gasteiger partial charge in [0.1, 0.15) is 16.9 Å². The highest BCUT2D eigenvalue weighted by Crippen LogP contribution is 2.30. The first-order chi connectivity index (χ1) is 18.8. The Morgan fingerprint density at radius 3 is 2.27 bits per heavy atom. The third kappa shape index (κ3) is 8.04. The van der Waals surface area contributed by atoms with E-state index in [0.717, 1.165) is 15.6 Å². The van der Waals surface area contributed by atoms with Crippen molar-refractivity contribution >= 4 is 51.5 Å². The Labute approximate surface area is 243 Å². The lowest BCUT2D eigenvalue weighted by molar-refractivity contribution is 0.0240. The van der Waals surface area contributed by atoms with Gasteiger partial charge < -0.3 is 19.3 Å². The second-order valence-corrected chi connectivity index (χ2v) is 13.3. The summed E-state index contributed by atoms with van der Waals surface area (Å²) in [6, 6.07) is 9.64. The molecule has 3 heterocycles. The molecule has 1 aliphatic heterocycles. The minimum atomic E-state index is -0.646. The molecule has 9 nitrogen and oxygen atoms in total. The van der Waals surface area contributed by atoms with Crippen molar-refractivity contribution in [2.45, 2.75) is 59.2 Å². The monoisotopic (exact) mass is 584 g/mol. The van der Waals surface area contributed by atoms with Crippen molar-refractivity contribution in [1.29, 1.82) is 0 Å². The van der Waals surface area contributed by atoms with Crippen molar-refractivity contribution < 1.29 is 23.9 Å². The number of hydrogen-bond donors (Lipinski definition) is 1. The summed E-state index contributed by atoms with van der Waals surface area (Å²) < 4.78 is 10.9. The van der Waals surface area contributed by atoms with Crippen LogP contribution >= 0.6 is 22.7 Å². The van der Waals surface area contributed by atoms with Gasteiger partial charge in [0.25, 0.3) is 0 Å². The fourth-order valence-corrected chi connectivity index (χ4v) is 5.69. The van der Waals surface area contributed by atoms with Crippen LogP contribution in [-0.2, 0) is 15.9 Å². The highest BCUT2D eigenvalue weighted by molar-refractivity contribution is 7.14. The molecule has 0 atom stereocenters. The van der Waals surface area contributed by atoms with Crippen LogP contribution in [0.15, 0.2) is 41.1 Å². The van der Waals surface area contributed by atoms with Gasteiger partial charge in [-0.1, -0.05) is 12.1 Å². The molecule has 1 saturated heterocycles. The lowest BCUT2D eigenvalue weighted by Crippen LogP contribution is -2.50. The molecule has 1 aliphatic rings. The largest absolute Gasteiger partial charge is 0.444 e. The number of thiazole rings is 1. The number of benzene rings is 1. The molecule has 0 bridgehead atoms. The van der Waals surface area contributed by atoms with Crippen molar-refractivity contribution in [2.75, 3.05) is 36.4 Å². The van der Waals surface area contributed by atoms with E-state index in [2.05, 4.69) is 15.2 Å². The van der Waals surface area contributed by atoms with E-state index in [-0.39, 0.29) is 18.3 Å². The zero-order valence-electron chi connectivity index (χ0n) is 23.8. The maximum absolute atomic E-state index is 13.4. The van der Waals surface area contributed by atoms with Gasteiger partial charge in [0, 0.05) is 48.5 Å². The van der Waals surface area contributed by atoms with Gasteiger partial charge in [0.2, 0.25) is 0 Å². The Morgan fingerprint density at radius 1 is 0.950 bits per heavy atom. The summed E-state index contributed by atoms with van der Waals surface area (Å²) in [4.78, 5) is 47.7. The summed E-state index contributed by atoms with van der Waals surface area (Å²) in [5.74, 6) is -0.148. The summed E-state index contributed by atoms with van der Waals surface area (Å²) in [5, 5.41) is 7.31. The first-order valence-corrected chi connectivity index (χ1v) is 14.9. The third-order valence-electron chi connectivity index (χ3n) is 5.88. The average molecular weight is 585 g/mol. The van der Waals surface area contributed by atoms with Crippen LogP contribution in [0.4, 0.5) is 20.4 Å². The zero-order chi connectivity index (χ0) is 29.1. The number of thiophene rings is 1. The van der Waals surface area contributed by atoms with Gasteiger partial charge in [0.05, 0.1) is 0 Å². The molecule has 1 N–H and O–H groups in total. The van der Waals surface area contributed by atoms with Crippen LogP contribution in [-0.4, -0.2) is 65.2 Å². The van der Waals surface area contributed by atoms with Crippen LogP contribution < -0.4 is 10.2 Å². The number of ether oxygens (including phenoxy) is 2. The number of rotatable bonds is 6. The molecule has 2 aromatic heterocycles. The fraction of sp³-hybridized carbons (Fsp3) is 0.448. The summed E-state index contributed by atoms with van der Waals surface area (Å²) in [7, 11) is 0. The molecule has 0 spiro atoms. The lowest BCUT2D eigenvalue weighted by Gasteiger charge is -2.35. The van der Waals surface area contributed by atoms with Crippen LogP contribution in [0.1, 0.15) is 57.6 Å². The molecule has 40 heavy (non-hydrogen) atoms. The van der Waals surface area contributed by atoms with Crippen molar-refractivity contribution in [2.24, 2.45) is 0 Å². The Bertz CT molecular complexity index is 1350. The maximum Gasteiger partial charge on any atom is 0.412 e. The quantitative estimate of drug-likeness (QED) is 0.322. The highest BCUT2D eigenvalue weighted by atomic mass is 32.1. The van der Waals surface area contributed by atoms with Crippen LogP contribution in [0.3, 0.4) is 0 Å². The van der Waals surface area contributed by atoms with Crippen molar-refractivity contribution in [1.82, 2.24) is 9.88 Å². The molecule has 4 rings (SSSR count). The van der Waals surface area contributed by atoms with Crippen LogP contribution in [0.25, 0.3) is 10.4 Å². The van der Waals surface area contributed by atoms with E-state index < -0.39 is 17.3 Å². The predicted molar refractivity (Wildman–Crippen MR) is 160 cm³/mol. The second-order valence-electron chi connectivity index (χ2n) is 11.5. The molecule has 11 heteroatoms. The first-order valence-electron chi connectivity index (χ1n) is 13.2. The first kappa shape index (κ1) is 29.5. The van der Waals surface area contributed by atoms with E-state index in [1.165, 1.54) is 11.3 Å². The molecule has 214 valence electrons. The van der Waals surface area contributed by atoms with E-state index in [1.54, 1.807) is 48.5 Å². The van der Waals surface area contributed by atoms with Gasteiger partial charge in [-0.2, -0.15) is 0 Å². The number of nitrogens with zero attached hydrogens (tertiary/aromatic N) is 3. The number of ketones is 1. The lowest BCUT2D eigenvalue weighted by atomic mass is 10.0. The number of amides is 2. The van der Waals surface area contributed by atoms with Crippen LogP contribution in [0, 0.1) is 0 Å². The van der Waals surface area contributed by atoms with Crippen LogP contribution in [0.5, 0.6) is 0 Å². The van der Waals surface area contributed by atoms with Crippen molar-refractivity contribution in [3.05, 3.63) is 52.3 Å². The number of carbonyl (C=O) groups is 3. The van der Waals surface area contributed by atoms with E-state index in [4.69, 9.17) is 9.47 Å². The Morgan fingerprint density at radius 2 is 1.65 bits per heavy atom. The third-order valence-corrected chi connectivity index (χ3v) is 7.70. The molecule has 1 fully saturated rings. The smallest absolute Gasteiger partial charge is 0.412 e. The Balaban J connectivity index is 1.45. The minimum Gasteiger partial charge on any atom is -0.444 e. The number of piperazine rings is 1. The van der Waals surface area contributed by atoms with Gasteiger partial charge in [0.15, 0.2) is 10.9 Å². The summed E-state index contributed by atoms with van der Waals surface area (Å²) >= 11 is 3.01. The van der Waals surface area contributed by atoms with Gasteiger partial charge in [-0.25, -0.2) is 14.6 Å². The molecule has 3 aromatic rings. The van der Waals surface area contributed by atoms with Gasteiger partial charge in [-0.05, 0) is 76.2 Å². The summed E-state index contributed by atoms with van der Waals surface area (Å²) in [6.45, 7) is 13.2. The summed E-state index contributed by atoms with van der Waals surface area (Å²) in [6.07, 6.45) is -0.825. The molecule has 0 radical (unpaired) electrons. The predicted octanol–water partition coefficient (Wildman–Crippen LogP) is 6.70. The molecular weight excluding hydrogens is 548 g/mol. The van der Waals surface area contributed by atoms with E-state index >= 15 is 0 Å². The average Bonchev–Trinajstić information content (AvgIpc) is 3.56. The molecule has 0 aliphatic carbocycles. The second kappa shape index (κ2) is 12.0. The SMILES string of the molecule is CC(C)(C)OC(=O)Nc1ccc(-c2cccs2)cc1CC(=O)c1csc(N2CCN(C(=O)OC(C)(C)C)CC2)n1. The highest BCUT2D eigenvalue weighted by Gasteiger charge is 2.27. The molecule has 1 aromatic carbocycles. The molecule has 0 unspecified atom stereocenters. The number of anilines is 2. The number of aromatic nitrogens is 1. The zero-order valence-corrected chi connectivity index (χ0v) is 25.4. The minimum absolute atomic E-state index is 0.0694. The normalized spacial score (nSPS) is 14.2. The molecule has 0 saturated carbocycles. The molecular formula is C29H36N4O5S2. The summed E-state index contributed by atoms with van der Waals surface area (Å²) in [5.41, 5.74) is 1.36. The van der Waals surface area contributed by atoms with E-state index in [1.807, 2.05) is 50.4 Å². The van der Waals surface area contributed by atoms with Crippen molar-refractivity contribution in [3.63, 3.8) is 0 Å². The molecule has 2 amide bonds. The number of nitrogens with one attached hydrogen (secondary N) is 1.